The number of hydrogen-bond donors (Lipinski definition) is 6. The van der Waals surface area contributed by atoms with E-state index < -0.39 is 75.6 Å². The molecule has 2 aromatic carbocycles. The fourth-order valence-corrected chi connectivity index (χ4v) is 6.47. The van der Waals surface area contributed by atoms with Gasteiger partial charge in [-0.3, -0.25) is 19.3 Å². The molecule has 3 aliphatic rings. The quantitative estimate of drug-likeness (QED) is 0.324. The highest BCUT2D eigenvalue weighted by atomic mass is 16.4. The van der Waals surface area contributed by atoms with Gasteiger partial charge in [0.25, 0.3) is 5.91 Å². The molecule has 2 aromatic rings. The number of benzene rings is 2. The van der Waals surface area contributed by atoms with Crippen LogP contribution in [0.1, 0.15) is 24.0 Å². The molecule has 10 heteroatoms. The molecule has 1 amide bonds. The van der Waals surface area contributed by atoms with Gasteiger partial charge in [-0.05, 0) is 31.1 Å². The van der Waals surface area contributed by atoms with Gasteiger partial charge in [0, 0.05) is 17.1 Å². The van der Waals surface area contributed by atoms with E-state index in [1.54, 1.807) is 49.4 Å². The summed E-state index contributed by atoms with van der Waals surface area (Å²) in [6, 6.07) is 10.9. The number of ketones is 2. The first-order valence-electron chi connectivity index (χ1n) is 12.1. The molecular weight excluding hydrogens is 492 g/mol. The van der Waals surface area contributed by atoms with Crippen LogP contribution in [0.3, 0.4) is 0 Å². The molecule has 0 unspecified atom stereocenters. The lowest BCUT2D eigenvalue weighted by molar-refractivity contribution is -0.169. The molecule has 7 N–H and O–H groups in total. The number of fused-ring (bicyclic) bond motifs is 3. The largest absolute Gasteiger partial charge is 0.508 e. The average Bonchev–Trinajstić information content (AvgIpc) is 2.86. The summed E-state index contributed by atoms with van der Waals surface area (Å²) in [6.45, 7) is 1.69. The van der Waals surface area contributed by atoms with E-state index in [4.69, 9.17) is 5.73 Å². The Bertz CT molecular complexity index is 1460. The van der Waals surface area contributed by atoms with Crippen molar-refractivity contribution < 1.29 is 39.9 Å². The number of phenolic OH excluding ortho intramolecular Hbond substituents is 1. The number of rotatable bonds is 3. The van der Waals surface area contributed by atoms with E-state index in [-0.39, 0.29) is 11.3 Å². The van der Waals surface area contributed by atoms with E-state index in [9.17, 15) is 39.9 Å². The van der Waals surface area contributed by atoms with Crippen molar-refractivity contribution in [3.8, 4) is 16.9 Å². The molecule has 10 nitrogen and oxygen atoms in total. The predicted octanol–water partition coefficient (Wildman–Crippen LogP) is 1.16. The Morgan fingerprint density at radius 3 is 2.24 bits per heavy atom. The van der Waals surface area contributed by atoms with Crippen LogP contribution >= 0.6 is 0 Å². The Labute approximate surface area is 217 Å². The third-order valence-electron chi connectivity index (χ3n) is 8.21. The number of carbonyl (C=O) groups excluding carboxylic acids is 3. The number of aliphatic hydroxyl groups is 4. The summed E-state index contributed by atoms with van der Waals surface area (Å²) in [6.07, 6.45) is -1.62. The van der Waals surface area contributed by atoms with Crippen LogP contribution in [-0.2, 0) is 14.4 Å². The van der Waals surface area contributed by atoms with Crippen molar-refractivity contribution in [3.63, 3.8) is 0 Å². The van der Waals surface area contributed by atoms with Crippen molar-refractivity contribution in [3.05, 3.63) is 70.5 Å². The molecule has 6 atom stereocenters. The lowest BCUT2D eigenvalue weighted by Crippen LogP contribution is -2.70. The van der Waals surface area contributed by atoms with Crippen molar-refractivity contribution in [2.24, 2.45) is 17.6 Å². The van der Waals surface area contributed by atoms with Gasteiger partial charge >= 0.3 is 0 Å². The highest BCUT2D eigenvalue weighted by Gasteiger charge is 2.68. The highest BCUT2D eigenvalue weighted by molar-refractivity contribution is 6.24. The zero-order valence-corrected chi connectivity index (χ0v) is 20.9. The number of nitrogens with two attached hydrogens (primary N) is 1. The monoisotopic (exact) mass is 520 g/mol. The molecule has 0 aliphatic heterocycles. The summed E-state index contributed by atoms with van der Waals surface area (Å²) in [4.78, 5) is 40.7. The minimum absolute atomic E-state index is 0.0395. The number of phenols is 1. The van der Waals surface area contributed by atoms with Crippen LogP contribution in [0.5, 0.6) is 5.75 Å². The molecule has 0 spiro atoms. The first kappa shape index (κ1) is 25.7. The van der Waals surface area contributed by atoms with Crippen LogP contribution in [0.15, 0.2) is 59.4 Å². The summed E-state index contributed by atoms with van der Waals surface area (Å²) in [5, 5.41) is 57.0. The van der Waals surface area contributed by atoms with E-state index in [1.165, 1.54) is 19.0 Å². The summed E-state index contributed by atoms with van der Waals surface area (Å²) >= 11 is 0. The summed E-state index contributed by atoms with van der Waals surface area (Å²) in [5.74, 6) is -9.03. The normalized spacial score (nSPS) is 30.7. The van der Waals surface area contributed by atoms with Crippen molar-refractivity contribution in [2.45, 2.75) is 30.6 Å². The second-order valence-corrected chi connectivity index (χ2v) is 10.3. The minimum Gasteiger partial charge on any atom is -0.508 e. The number of carbonyl (C=O) groups is 3. The molecule has 1 saturated carbocycles. The van der Waals surface area contributed by atoms with E-state index in [1.807, 2.05) is 0 Å². The average molecular weight is 521 g/mol. The fourth-order valence-electron chi connectivity index (χ4n) is 6.47. The van der Waals surface area contributed by atoms with Gasteiger partial charge in [0.05, 0.1) is 23.6 Å². The summed E-state index contributed by atoms with van der Waals surface area (Å²) in [7, 11) is 2.93. The molecule has 38 heavy (non-hydrogen) atoms. The van der Waals surface area contributed by atoms with Crippen LogP contribution in [0.2, 0.25) is 0 Å². The highest BCUT2D eigenvalue weighted by Crippen LogP contribution is 2.56. The minimum atomic E-state index is -2.93. The maximum Gasteiger partial charge on any atom is 0.255 e. The van der Waals surface area contributed by atoms with Gasteiger partial charge in [0.15, 0.2) is 11.4 Å². The zero-order chi connectivity index (χ0) is 27.8. The molecule has 0 saturated heterocycles. The SMILES string of the molecule is C[C@@H]1c2ccc(-c3ccccc3)c(O)c2C(O)=C2C(=O)[C@@]3(O)C(O)=C(C(N)=O)C(=O)[C@@H](N(C)C)[C@@H]3[C@H](O)[C@@H]21. The van der Waals surface area contributed by atoms with Gasteiger partial charge in [-0.15, -0.1) is 0 Å². The molecule has 0 bridgehead atoms. The van der Waals surface area contributed by atoms with Gasteiger partial charge in [0.2, 0.25) is 5.78 Å². The Hall–Kier alpha value is -3.99. The fraction of sp³-hybridized carbons (Fsp3) is 0.321. The Morgan fingerprint density at radius 2 is 1.66 bits per heavy atom. The molecule has 1 fully saturated rings. The Morgan fingerprint density at radius 1 is 1.03 bits per heavy atom. The summed E-state index contributed by atoms with van der Waals surface area (Å²) < 4.78 is 0. The van der Waals surface area contributed by atoms with Crippen molar-refractivity contribution in [1.82, 2.24) is 4.90 Å². The van der Waals surface area contributed by atoms with Crippen LogP contribution in [0, 0.1) is 11.8 Å². The number of hydrogen-bond acceptors (Lipinski definition) is 9. The number of likely N-dealkylation sites (N-methyl/N-ethyl adjacent to an activating group) is 1. The van der Waals surface area contributed by atoms with Crippen LogP contribution in [0.25, 0.3) is 16.9 Å². The van der Waals surface area contributed by atoms with Crippen LogP contribution in [0.4, 0.5) is 0 Å². The van der Waals surface area contributed by atoms with Crippen molar-refractivity contribution >= 4 is 23.2 Å². The van der Waals surface area contributed by atoms with Gasteiger partial charge in [-0.2, -0.15) is 0 Å². The molecular formula is C28H28N2O8. The maximum absolute atomic E-state index is 14.0. The van der Waals surface area contributed by atoms with E-state index in [0.29, 0.717) is 16.7 Å². The lowest BCUT2D eigenvalue weighted by Gasteiger charge is -2.53. The molecule has 198 valence electrons. The number of aromatic hydroxyl groups is 1. The van der Waals surface area contributed by atoms with Crippen molar-refractivity contribution in [1.29, 1.82) is 0 Å². The van der Waals surface area contributed by atoms with Crippen LogP contribution < -0.4 is 5.73 Å². The third kappa shape index (κ3) is 3.14. The zero-order valence-electron chi connectivity index (χ0n) is 20.9. The van der Waals surface area contributed by atoms with Crippen LogP contribution in [-0.4, -0.2) is 79.7 Å². The first-order valence-corrected chi connectivity index (χ1v) is 12.1. The number of amides is 1. The summed E-state index contributed by atoms with van der Waals surface area (Å²) in [5.41, 5.74) is 2.49. The van der Waals surface area contributed by atoms with Crippen molar-refractivity contribution in [2.75, 3.05) is 14.1 Å². The maximum atomic E-state index is 14.0. The second kappa shape index (κ2) is 8.52. The third-order valence-corrected chi connectivity index (χ3v) is 8.21. The standard InChI is InChI=1S/C28H28N2O8/c1-11-13-9-10-14(12-7-5-4-6-8-12)21(31)16(13)22(32)17-15(11)23(33)19-20(30(2)3)24(34)18(27(29)37)26(36)28(19,38)25(17)35/h4-11,15,19-20,23,31-33,36,38H,1-3H3,(H2,29,37)/t11-,15-,19-,20+,23-,28-/m1/s1. The number of aliphatic hydroxyl groups excluding tert-OH is 3. The van der Waals surface area contributed by atoms with Gasteiger partial charge in [-0.1, -0.05) is 49.4 Å². The Kier molecular flexibility index (Phi) is 5.75. The van der Waals surface area contributed by atoms with E-state index in [2.05, 4.69) is 0 Å². The molecule has 0 aromatic heterocycles. The lowest BCUT2D eigenvalue weighted by atomic mass is 9.54. The smallest absolute Gasteiger partial charge is 0.255 e. The number of nitrogens with zero attached hydrogens (tertiary/aromatic N) is 1. The molecule has 0 heterocycles. The predicted molar refractivity (Wildman–Crippen MR) is 136 cm³/mol. The van der Waals surface area contributed by atoms with Gasteiger partial charge in [-0.25, -0.2) is 0 Å². The number of primary amides is 1. The van der Waals surface area contributed by atoms with E-state index in [0.717, 1.165) is 0 Å². The first-order chi connectivity index (χ1) is 17.8. The number of Topliss-reactive ketones (excluding diaryl/α,β-unsaturated/α-hetero) is 2. The van der Waals surface area contributed by atoms with Gasteiger partial charge < -0.3 is 31.3 Å². The molecule has 0 radical (unpaired) electrons. The Balaban J connectivity index is 1.79. The van der Waals surface area contributed by atoms with Gasteiger partial charge in [0.1, 0.15) is 22.8 Å². The topological polar surface area (TPSA) is 182 Å². The second-order valence-electron chi connectivity index (χ2n) is 10.3. The molecule has 5 rings (SSSR count). The van der Waals surface area contributed by atoms with E-state index >= 15 is 0 Å². The molecule has 3 aliphatic carbocycles.